The minimum absolute atomic E-state index is 0.0262. The van der Waals surface area contributed by atoms with E-state index in [-0.39, 0.29) is 41.0 Å². The van der Waals surface area contributed by atoms with Gasteiger partial charge in [0.25, 0.3) is 0 Å². The first kappa shape index (κ1) is 26.0. The first-order chi connectivity index (χ1) is 15.8. The van der Waals surface area contributed by atoms with Crippen molar-refractivity contribution in [3.63, 3.8) is 0 Å². The standard InChI is InChI=1S/C22H30F3N4O4S/c1-13(2)27-19-10-14(29(30)28-22(3)8-9-34(31,32)12-22)4-6-16(19)20(26)17-11-15(33-21(24)25)5-7-18(17)23/h5,7,11,13-14,21H,4,6,8-10,12,26H2,1-3H3,(H,28,30)/q+1/b20-16-,27-19?/t14-,22+/m1/s1. The molecule has 188 valence electrons. The number of nitrogens with two attached hydrogens (primary N) is 1. The molecule has 0 unspecified atom stereocenters. The smallest absolute Gasteiger partial charge is 0.387 e. The van der Waals surface area contributed by atoms with E-state index in [0.29, 0.717) is 35.4 Å². The molecule has 1 saturated heterocycles. The van der Waals surface area contributed by atoms with Crippen molar-refractivity contribution >= 4 is 21.2 Å². The van der Waals surface area contributed by atoms with Crippen LogP contribution < -0.4 is 15.9 Å². The molecule has 1 aromatic rings. The summed E-state index contributed by atoms with van der Waals surface area (Å²) in [5.74, 6) is -1.01. The lowest BCUT2D eigenvalue weighted by atomic mass is 9.86. The van der Waals surface area contributed by atoms with E-state index in [0.717, 1.165) is 18.2 Å². The van der Waals surface area contributed by atoms with Gasteiger partial charge in [0.2, 0.25) is 6.04 Å². The van der Waals surface area contributed by atoms with Gasteiger partial charge in [-0.1, -0.05) is 0 Å². The van der Waals surface area contributed by atoms with Gasteiger partial charge < -0.3 is 10.5 Å². The Kier molecular flexibility index (Phi) is 7.59. The Labute approximate surface area is 196 Å². The van der Waals surface area contributed by atoms with Crippen LogP contribution in [0.5, 0.6) is 5.75 Å². The van der Waals surface area contributed by atoms with Crippen molar-refractivity contribution in [1.82, 2.24) is 5.43 Å². The highest BCUT2D eigenvalue weighted by molar-refractivity contribution is 7.91. The maximum Gasteiger partial charge on any atom is 0.387 e. The highest BCUT2D eigenvalue weighted by Gasteiger charge is 2.45. The second kappa shape index (κ2) is 9.93. The quantitative estimate of drug-likeness (QED) is 0.436. The second-order valence-corrected chi connectivity index (χ2v) is 11.5. The zero-order valence-electron chi connectivity index (χ0n) is 19.4. The van der Waals surface area contributed by atoms with Gasteiger partial charge in [0, 0.05) is 29.4 Å². The minimum atomic E-state index is -3.19. The number of allylic oxidation sites excluding steroid dienone is 1. The maximum atomic E-state index is 14.5. The van der Waals surface area contributed by atoms with E-state index in [9.17, 15) is 26.5 Å². The molecule has 2 fully saturated rings. The monoisotopic (exact) mass is 503 g/mol. The Morgan fingerprint density at radius 1 is 1.35 bits per heavy atom. The Balaban J connectivity index is 1.86. The molecule has 1 saturated carbocycles. The molecule has 3 rings (SSSR count). The van der Waals surface area contributed by atoms with Gasteiger partial charge in [0.05, 0.1) is 22.8 Å². The fourth-order valence-electron chi connectivity index (χ4n) is 4.34. The number of nitrogens with zero attached hydrogens (tertiary/aromatic N) is 2. The number of rotatable bonds is 7. The zero-order valence-corrected chi connectivity index (χ0v) is 20.2. The van der Waals surface area contributed by atoms with Gasteiger partial charge in [-0.2, -0.15) is 8.78 Å². The van der Waals surface area contributed by atoms with E-state index >= 15 is 0 Å². The number of nitroso groups, excluding NO2 is 1. The van der Waals surface area contributed by atoms with Gasteiger partial charge in [-0.25, -0.2) is 12.8 Å². The minimum Gasteiger partial charge on any atom is -0.435 e. The number of alkyl halides is 2. The fourth-order valence-corrected chi connectivity index (χ4v) is 6.43. The number of benzene rings is 1. The Morgan fingerprint density at radius 2 is 2.06 bits per heavy atom. The van der Waals surface area contributed by atoms with Crippen molar-refractivity contribution in [3.05, 3.63) is 40.1 Å². The number of halogens is 3. The van der Waals surface area contributed by atoms with Crippen molar-refractivity contribution in [3.8, 4) is 5.75 Å². The zero-order chi connectivity index (χ0) is 25.3. The highest BCUT2D eigenvalue weighted by atomic mass is 32.2. The number of aliphatic imine (C=N–C) groups is 1. The van der Waals surface area contributed by atoms with Crippen LogP contribution in [-0.4, -0.2) is 54.7 Å². The summed E-state index contributed by atoms with van der Waals surface area (Å²) >= 11 is 0. The summed E-state index contributed by atoms with van der Waals surface area (Å²) in [5.41, 5.74) is 9.28. The molecule has 1 aliphatic heterocycles. The molecule has 2 atom stereocenters. The SMILES string of the molecule is CC(C)N=C1C[C@H]([N+](=O)N[C@@]2(C)CCS(=O)(=O)C2)CC/C1=C(/N)c1cc(OC(F)F)ccc1F. The molecule has 12 heteroatoms. The summed E-state index contributed by atoms with van der Waals surface area (Å²) in [6.07, 6.45) is 1.21. The van der Waals surface area contributed by atoms with Crippen LogP contribution in [0.15, 0.2) is 28.8 Å². The number of hydrazine groups is 1. The molecule has 8 nitrogen and oxygen atoms in total. The van der Waals surface area contributed by atoms with Crippen LogP contribution in [0.25, 0.3) is 5.70 Å². The predicted molar refractivity (Wildman–Crippen MR) is 123 cm³/mol. The molecule has 0 amide bonds. The predicted octanol–water partition coefficient (Wildman–Crippen LogP) is 3.36. The molecule has 1 aliphatic carbocycles. The molecule has 0 radical (unpaired) electrons. The van der Waals surface area contributed by atoms with E-state index in [4.69, 9.17) is 5.73 Å². The van der Waals surface area contributed by atoms with E-state index in [2.05, 4.69) is 15.2 Å². The summed E-state index contributed by atoms with van der Waals surface area (Å²) in [6.45, 7) is 2.34. The first-order valence-corrected chi connectivity index (χ1v) is 12.9. The Bertz CT molecular complexity index is 1120. The molecule has 0 aromatic heterocycles. The topological polar surface area (TPSA) is 114 Å². The summed E-state index contributed by atoms with van der Waals surface area (Å²) in [5, 5.41) is 0. The lowest BCUT2D eigenvalue weighted by molar-refractivity contribution is -0.651. The van der Waals surface area contributed by atoms with Gasteiger partial charge in [-0.15, -0.1) is 5.43 Å². The molecule has 1 aromatic carbocycles. The van der Waals surface area contributed by atoms with Gasteiger partial charge >= 0.3 is 6.61 Å². The van der Waals surface area contributed by atoms with Gasteiger partial charge in [-0.05, 0) is 57.4 Å². The molecular weight excluding hydrogens is 473 g/mol. The largest absolute Gasteiger partial charge is 0.435 e. The molecule has 2 aliphatic rings. The summed E-state index contributed by atoms with van der Waals surface area (Å²) in [4.78, 5) is 18.2. The number of hydrogen-bond acceptors (Lipinski definition) is 6. The van der Waals surface area contributed by atoms with Crippen LogP contribution in [0.3, 0.4) is 0 Å². The van der Waals surface area contributed by atoms with Crippen LogP contribution in [0.1, 0.15) is 52.0 Å². The van der Waals surface area contributed by atoms with Crippen molar-refractivity contribution in [1.29, 1.82) is 0 Å². The number of hydrogen-bond donors (Lipinski definition) is 2. The Morgan fingerprint density at radius 3 is 2.65 bits per heavy atom. The molecule has 3 N–H and O–H groups in total. The maximum absolute atomic E-state index is 14.5. The fraction of sp³-hybridized carbons (Fsp3) is 0.591. The normalized spacial score (nSPS) is 27.3. The average molecular weight is 504 g/mol. The van der Waals surface area contributed by atoms with E-state index in [1.165, 1.54) is 0 Å². The highest BCUT2D eigenvalue weighted by Crippen LogP contribution is 2.32. The second-order valence-electron chi connectivity index (χ2n) is 9.32. The third-order valence-corrected chi connectivity index (χ3v) is 7.82. The van der Waals surface area contributed by atoms with Crippen LogP contribution in [0.4, 0.5) is 13.2 Å². The molecular formula is C22H30F3N4O4S+. The lowest BCUT2D eigenvalue weighted by Gasteiger charge is -2.25. The number of nitrogens with one attached hydrogen (secondary N) is 1. The summed E-state index contributed by atoms with van der Waals surface area (Å²) in [6, 6.07) is 2.54. The third-order valence-electron chi connectivity index (χ3n) is 5.91. The van der Waals surface area contributed by atoms with Crippen molar-refractivity contribution in [2.45, 2.75) is 70.7 Å². The van der Waals surface area contributed by atoms with Crippen molar-refractivity contribution in [2.75, 3.05) is 11.5 Å². The van der Waals surface area contributed by atoms with Gasteiger partial charge in [0.15, 0.2) is 9.84 Å². The van der Waals surface area contributed by atoms with Crippen LogP contribution >= 0.6 is 0 Å². The third kappa shape index (κ3) is 6.28. The van der Waals surface area contributed by atoms with Crippen LogP contribution in [0, 0.1) is 10.7 Å². The average Bonchev–Trinajstić information content (AvgIpc) is 3.00. The van der Waals surface area contributed by atoms with Gasteiger partial charge in [0.1, 0.15) is 22.0 Å². The van der Waals surface area contributed by atoms with Crippen LogP contribution in [-0.2, 0) is 9.84 Å². The summed E-state index contributed by atoms with van der Waals surface area (Å²) < 4.78 is 67.8. The summed E-state index contributed by atoms with van der Waals surface area (Å²) in [7, 11) is -3.19. The van der Waals surface area contributed by atoms with Gasteiger partial charge in [-0.3, -0.25) is 4.99 Å². The van der Waals surface area contributed by atoms with Crippen LogP contribution in [0.2, 0.25) is 0 Å². The molecule has 0 spiro atoms. The van der Waals surface area contributed by atoms with Crippen molar-refractivity contribution in [2.24, 2.45) is 10.7 Å². The lowest BCUT2D eigenvalue weighted by Crippen LogP contribution is -2.52. The van der Waals surface area contributed by atoms with E-state index in [1.54, 1.807) is 6.92 Å². The Hall–Kier alpha value is -2.63. The molecule has 1 heterocycles. The molecule has 34 heavy (non-hydrogen) atoms. The molecule has 0 bridgehead atoms. The number of ether oxygens (including phenoxy) is 1. The van der Waals surface area contributed by atoms with E-state index in [1.807, 2.05) is 13.8 Å². The van der Waals surface area contributed by atoms with E-state index < -0.39 is 33.8 Å². The number of sulfone groups is 1. The van der Waals surface area contributed by atoms with Crippen molar-refractivity contribution < 1.29 is 31.2 Å². The first-order valence-electron chi connectivity index (χ1n) is 11.0.